The third-order valence-electron chi connectivity index (χ3n) is 3.98. The molecular weight excluding hydrogens is 216 g/mol. The van der Waals surface area contributed by atoms with Crippen LogP contribution in [-0.4, -0.2) is 30.7 Å². The molecule has 0 radical (unpaired) electrons. The number of carbonyl (C=O) groups is 1. The van der Waals surface area contributed by atoms with Gasteiger partial charge in [-0.1, -0.05) is 19.8 Å². The topological polar surface area (TPSA) is 64.4 Å². The fourth-order valence-electron chi connectivity index (χ4n) is 2.38. The molecule has 0 aromatic carbocycles. The monoisotopic (exact) mass is 240 g/mol. The lowest BCUT2D eigenvalue weighted by Gasteiger charge is -2.33. The summed E-state index contributed by atoms with van der Waals surface area (Å²) < 4.78 is 5.26. The van der Waals surface area contributed by atoms with Gasteiger partial charge in [0, 0.05) is 19.3 Å². The van der Waals surface area contributed by atoms with Crippen LogP contribution in [0.2, 0.25) is 0 Å². The molecule has 1 saturated heterocycles. The average Bonchev–Trinajstić information content (AvgIpc) is 3.13. The first kappa shape index (κ1) is 12.8. The number of nitrogens with two attached hydrogens (primary N) is 1. The van der Waals surface area contributed by atoms with Crippen molar-refractivity contribution in [3.63, 3.8) is 0 Å². The molecule has 0 bridgehead atoms. The lowest BCUT2D eigenvalue weighted by atomic mass is 9.89. The first-order valence-electron chi connectivity index (χ1n) is 6.81. The second-order valence-corrected chi connectivity index (χ2v) is 5.53. The van der Waals surface area contributed by atoms with Gasteiger partial charge in [-0.05, 0) is 31.6 Å². The molecule has 4 nitrogen and oxygen atoms in total. The first-order valence-corrected chi connectivity index (χ1v) is 6.81. The summed E-state index contributed by atoms with van der Waals surface area (Å²) in [5, 5.41) is 3.13. The summed E-state index contributed by atoms with van der Waals surface area (Å²) in [6, 6.07) is 0.304. The quantitative estimate of drug-likeness (QED) is 0.758. The van der Waals surface area contributed by atoms with Crippen LogP contribution in [0.25, 0.3) is 0 Å². The molecular formula is C13H24N2O2. The number of hydrogen-bond donors (Lipinski definition) is 2. The molecule has 1 aliphatic carbocycles. The van der Waals surface area contributed by atoms with Crippen molar-refractivity contribution in [2.45, 2.75) is 57.0 Å². The molecule has 1 saturated carbocycles. The molecule has 1 heterocycles. The lowest BCUT2D eigenvalue weighted by molar-refractivity contribution is -0.130. The lowest BCUT2D eigenvalue weighted by Crippen LogP contribution is -2.58. The maximum absolute atomic E-state index is 12.2. The summed E-state index contributed by atoms with van der Waals surface area (Å²) in [5.74, 6) is 0.858. The Morgan fingerprint density at radius 3 is 2.65 bits per heavy atom. The molecule has 0 spiro atoms. The van der Waals surface area contributed by atoms with Crippen molar-refractivity contribution in [1.82, 2.24) is 5.32 Å². The highest BCUT2D eigenvalue weighted by Gasteiger charge is 2.37. The first-order chi connectivity index (χ1) is 8.14. The SMILES string of the molecule is CCC(CC1CC1)NC(=O)C1(N)CCOCC1. The van der Waals surface area contributed by atoms with Crippen LogP contribution in [0.5, 0.6) is 0 Å². The smallest absolute Gasteiger partial charge is 0.240 e. The van der Waals surface area contributed by atoms with E-state index in [1.54, 1.807) is 0 Å². The summed E-state index contributed by atoms with van der Waals surface area (Å²) in [4.78, 5) is 12.2. The van der Waals surface area contributed by atoms with E-state index in [0.717, 1.165) is 18.8 Å². The van der Waals surface area contributed by atoms with Gasteiger partial charge in [0.05, 0.1) is 5.54 Å². The van der Waals surface area contributed by atoms with Gasteiger partial charge >= 0.3 is 0 Å². The zero-order valence-electron chi connectivity index (χ0n) is 10.7. The summed E-state index contributed by atoms with van der Waals surface area (Å²) in [7, 11) is 0. The highest BCUT2D eigenvalue weighted by molar-refractivity contribution is 5.86. The highest BCUT2D eigenvalue weighted by atomic mass is 16.5. The number of ether oxygens (including phenoxy) is 1. The molecule has 1 atom stereocenters. The maximum atomic E-state index is 12.2. The number of carbonyl (C=O) groups excluding carboxylic acids is 1. The second kappa shape index (κ2) is 5.36. The van der Waals surface area contributed by atoms with Gasteiger partial charge in [-0.25, -0.2) is 0 Å². The minimum atomic E-state index is -0.699. The molecule has 17 heavy (non-hydrogen) atoms. The largest absolute Gasteiger partial charge is 0.381 e. The van der Waals surface area contributed by atoms with Crippen molar-refractivity contribution in [1.29, 1.82) is 0 Å². The van der Waals surface area contributed by atoms with Gasteiger partial charge < -0.3 is 15.8 Å². The minimum Gasteiger partial charge on any atom is -0.381 e. The Balaban J connectivity index is 1.84. The third-order valence-corrected chi connectivity index (χ3v) is 3.98. The molecule has 2 rings (SSSR count). The third kappa shape index (κ3) is 3.42. The zero-order chi connectivity index (χ0) is 12.3. The van der Waals surface area contributed by atoms with Crippen molar-refractivity contribution < 1.29 is 9.53 Å². The van der Waals surface area contributed by atoms with E-state index >= 15 is 0 Å². The van der Waals surface area contributed by atoms with Crippen LogP contribution in [0.4, 0.5) is 0 Å². The molecule has 1 aliphatic heterocycles. The molecule has 98 valence electrons. The van der Waals surface area contributed by atoms with Gasteiger partial charge in [-0.15, -0.1) is 0 Å². The van der Waals surface area contributed by atoms with Crippen LogP contribution < -0.4 is 11.1 Å². The maximum Gasteiger partial charge on any atom is 0.240 e. The second-order valence-electron chi connectivity index (χ2n) is 5.53. The van der Waals surface area contributed by atoms with Crippen LogP contribution in [-0.2, 0) is 9.53 Å². The van der Waals surface area contributed by atoms with Crippen LogP contribution in [0.15, 0.2) is 0 Å². The molecule has 1 unspecified atom stereocenters. The van der Waals surface area contributed by atoms with E-state index in [1.807, 2.05) is 0 Å². The normalized spacial score (nSPS) is 25.3. The van der Waals surface area contributed by atoms with Gasteiger partial charge in [-0.3, -0.25) is 4.79 Å². The van der Waals surface area contributed by atoms with Crippen molar-refractivity contribution in [2.24, 2.45) is 11.7 Å². The van der Waals surface area contributed by atoms with Crippen LogP contribution >= 0.6 is 0 Å². The predicted molar refractivity (Wildman–Crippen MR) is 66.5 cm³/mol. The van der Waals surface area contributed by atoms with E-state index in [9.17, 15) is 4.79 Å². The Morgan fingerprint density at radius 1 is 1.47 bits per heavy atom. The Labute approximate surface area is 103 Å². The van der Waals surface area contributed by atoms with E-state index < -0.39 is 5.54 Å². The van der Waals surface area contributed by atoms with Gasteiger partial charge in [0.15, 0.2) is 0 Å². The zero-order valence-corrected chi connectivity index (χ0v) is 10.7. The van der Waals surface area contributed by atoms with Crippen LogP contribution in [0.3, 0.4) is 0 Å². The van der Waals surface area contributed by atoms with E-state index in [4.69, 9.17) is 10.5 Å². The van der Waals surface area contributed by atoms with E-state index in [1.165, 1.54) is 12.8 Å². The fourth-order valence-corrected chi connectivity index (χ4v) is 2.38. The molecule has 0 aromatic rings. The number of amides is 1. The molecule has 4 heteroatoms. The number of nitrogens with one attached hydrogen (secondary N) is 1. The summed E-state index contributed by atoms with van der Waals surface area (Å²) >= 11 is 0. The van der Waals surface area contributed by atoms with Crippen molar-refractivity contribution in [3.05, 3.63) is 0 Å². The Morgan fingerprint density at radius 2 is 2.12 bits per heavy atom. The van der Waals surface area contributed by atoms with Crippen molar-refractivity contribution in [2.75, 3.05) is 13.2 Å². The number of hydrogen-bond acceptors (Lipinski definition) is 3. The van der Waals surface area contributed by atoms with Gasteiger partial charge in [0.25, 0.3) is 0 Å². The minimum absolute atomic E-state index is 0.0216. The van der Waals surface area contributed by atoms with E-state index in [2.05, 4.69) is 12.2 Å². The van der Waals surface area contributed by atoms with Gasteiger partial charge in [0.1, 0.15) is 0 Å². The Hall–Kier alpha value is -0.610. The Bertz CT molecular complexity index is 271. The molecule has 2 aliphatic rings. The van der Waals surface area contributed by atoms with Crippen molar-refractivity contribution >= 4 is 5.91 Å². The van der Waals surface area contributed by atoms with Crippen molar-refractivity contribution in [3.8, 4) is 0 Å². The summed E-state index contributed by atoms with van der Waals surface area (Å²) in [5.41, 5.74) is 5.46. The Kier molecular flexibility index (Phi) is 4.05. The standard InChI is InChI=1S/C13H24N2O2/c1-2-11(9-10-3-4-10)15-12(16)13(14)5-7-17-8-6-13/h10-11H,2-9,14H2,1H3,(H,15,16). The van der Waals surface area contributed by atoms with Crippen LogP contribution in [0.1, 0.15) is 45.4 Å². The molecule has 1 amide bonds. The number of rotatable bonds is 5. The molecule has 0 aromatic heterocycles. The van der Waals surface area contributed by atoms with E-state index in [0.29, 0.717) is 32.1 Å². The molecule has 3 N–H and O–H groups in total. The average molecular weight is 240 g/mol. The molecule has 2 fully saturated rings. The van der Waals surface area contributed by atoms with Crippen LogP contribution in [0, 0.1) is 5.92 Å². The summed E-state index contributed by atoms with van der Waals surface area (Å²) in [6.07, 6.45) is 6.04. The highest BCUT2D eigenvalue weighted by Crippen LogP contribution is 2.34. The van der Waals surface area contributed by atoms with Gasteiger partial charge in [0.2, 0.25) is 5.91 Å². The van der Waals surface area contributed by atoms with E-state index in [-0.39, 0.29) is 5.91 Å². The van der Waals surface area contributed by atoms with Gasteiger partial charge in [-0.2, -0.15) is 0 Å². The predicted octanol–water partition coefficient (Wildman–Crippen LogP) is 1.19. The summed E-state index contributed by atoms with van der Waals surface area (Å²) in [6.45, 7) is 3.33. The fraction of sp³-hybridized carbons (Fsp3) is 0.923.